The van der Waals surface area contributed by atoms with Crippen LogP contribution in [0.3, 0.4) is 0 Å². The van der Waals surface area contributed by atoms with Gasteiger partial charge >= 0.3 is 6.03 Å². The molecule has 0 unspecified atom stereocenters. The Morgan fingerprint density at radius 2 is 1.48 bits per heavy atom. The van der Waals surface area contributed by atoms with Crippen molar-refractivity contribution in [2.45, 2.75) is 13.0 Å². The van der Waals surface area contributed by atoms with Crippen molar-refractivity contribution >= 4 is 17.6 Å². The SMILES string of the molecule is O=C1CCN(c2ccccc2)C(=O)N1Cc1ccccc1. The Morgan fingerprint density at radius 3 is 2.14 bits per heavy atom. The minimum atomic E-state index is -0.249. The standard InChI is InChI=1S/C17H16N2O2/c20-16-11-12-18(15-9-5-2-6-10-15)17(21)19(16)13-14-7-3-1-4-8-14/h1-10H,11-13H2. The fourth-order valence-electron chi connectivity index (χ4n) is 2.46. The molecule has 1 aliphatic heterocycles. The quantitative estimate of drug-likeness (QED) is 0.867. The highest BCUT2D eigenvalue weighted by molar-refractivity contribution is 6.05. The first-order chi connectivity index (χ1) is 10.3. The van der Waals surface area contributed by atoms with Gasteiger partial charge in [-0.3, -0.25) is 14.6 Å². The molecule has 2 aromatic carbocycles. The third-order valence-electron chi connectivity index (χ3n) is 3.56. The second-order valence-corrected chi connectivity index (χ2v) is 4.99. The van der Waals surface area contributed by atoms with Crippen LogP contribution in [0.15, 0.2) is 60.7 Å². The number of urea groups is 1. The van der Waals surface area contributed by atoms with Gasteiger partial charge in [0.2, 0.25) is 5.91 Å². The summed E-state index contributed by atoms with van der Waals surface area (Å²) in [6.45, 7) is 0.759. The summed E-state index contributed by atoms with van der Waals surface area (Å²) in [6.07, 6.45) is 0.355. The van der Waals surface area contributed by atoms with Gasteiger partial charge < -0.3 is 0 Å². The van der Waals surface area contributed by atoms with Crippen molar-refractivity contribution in [3.8, 4) is 0 Å². The lowest BCUT2D eigenvalue weighted by Gasteiger charge is -2.34. The van der Waals surface area contributed by atoms with E-state index in [1.54, 1.807) is 4.90 Å². The molecule has 0 N–H and O–H groups in total. The lowest BCUT2D eigenvalue weighted by molar-refractivity contribution is -0.129. The van der Waals surface area contributed by atoms with Crippen molar-refractivity contribution in [1.29, 1.82) is 0 Å². The lowest BCUT2D eigenvalue weighted by Crippen LogP contribution is -2.52. The molecule has 0 aliphatic carbocycles. The zero-order valence-electron chi connectivity index (χ0n) is 11.6. The van der Waals surface area contributed by atoms with Crippen LogP contribution in [0.2, 0.25) is 0 Å². The smallest absolute Gasteiger partial charge is 0.293 e. The molecule has 4 nitrogen and oxygen atoms in total. The van der Waals surface area contributed by atoms with Crippen LogP contribution in [-0.2, 0) is 11.3 Å². The maximum atomic E-state index is 12.6. The van der Waals surface area contributed by atoms with Crippen LogP contribution >= 0.6 is 0 Å². The van der Waals surface area contributed by atoms with E-state index in [9.17, 15) is 9.59 Å². The van der Waals surface area contributed by atoms with Gasteiger partial charge in [-0.15, -0.1) is 0 Å². The molecule has 0 spiro atoms. The Kier molecular flexibility index (Phi) is 3.69. The summed E-state index contributed by atoms with van der Waals surface area (Å²) in [6, 6.07) is 18.8. The van der Waals surface area contributed by atoms with Gasteiger partial charge in [0.25, 0.3) is 0 Å². The molecule has 0 radical (unpaired) electrons. The first-order valence-corrected chi connectivity index (χ1v) is 6.96. The molecule has 106 valence electrons. The molecule has 4 heteroatoms. The summed E-state index contributed by atoms with van der Waals surface area (Å²) in [5, 5.41) is 0. The fraction of sp³-hybridized carbons (Fsp3) is 0.176. The minimum Gasteiger partial charge on any atom is -0.293 e. The van der Waals surface area contributed by atoms with Gasteiger partial charge in [0.15, 0.2) is 0 Å². The van der Waals surface area contributed by atoms with Gasteiger partial charge in [-0.25, -0.2) is 4.79 Å². The van der Waals surface area contributed by atoms with Crippen LogP contribution < -0.4 is 4.90 Å². The first-order valence-electron chi connectivity index (χ1n) is 6.96. The van der Waals surface area contributed by atoms with Gasteiger partial charge in [0.1, 0.15) is 0 Å². The third-order valence-corrected chi connectivity index (χ3v) is 3.56. The van der Waals surface area contributed by atoms with Gasteiger partial charge in [0, 0.05) is 18.7 Å². The lowest BCUT2D eigenvalue weighted by atomic mass is 10.1. The molecule has 0 atom stereocenters. The van der Waals surface area contributed by atoms with E-state index >= 15 is 0 Å². The Hall–Kier alpha value is -2.62. The van der Waals surface area contributed by atoms with Crippen LogP contribution in [0.25, 0.3) is 0 Å². The predicted octanol–water partition coefficient (Wildman–Crippen LogP) is 3.05. The number of imide groups is 1. The molecule has 2 aromatic rings. The summed E-state index contributed by atoms with van der Waals surface area (Å²) in [5.74, 6) is -0.115. The number of anilines is 1. The minimum absolute atomic E-state index is 0.115. The van der Waals surface area contributed by atoms with Crippen molar-refractivity contribution in [2.75, 3.05) is 11.4 Å². The highest BCUT2D eigenvalue weighted by Crippen LogP contribution is 2.21. The molecule has 1 saturated heterocycles. The average molecular weight is 280 g/mol. The second-order valence-electron chi connectivity index (χ2n) is 4.99. The largest absolute Gasteiger partial charge is 0.331 e. The first kappa shape index (κ1) is 13.4. The topological polar surface area (TPSA) is 40.6 Å². The van der Waals surface area contributed by atoms with Crippen molar-refractivity contribution in [3.63, 3.8) is 0 Å². The molecule has 21 heavy (non-hydrogen) atoms. The average Bonchev–Trinajstić information content (AvgIpc) is 2.53. The molecule has 1 heterocycles. The van der Waals surface area contributed by atoms with Gasteiger partial charge in [-0.1, -0.05) is 48.5 Å². The number of carbonyl (C=O) groups is 2. The monoisotopic (exact) mass is 280 g/mol. The summed E-state index contributed by atoms with van der Waals surface area (Å²) >= 11 is 0. The second kappa shape index (κ2) is 5.79. The van der Waals surface area contributed by atoms with Crippen LogP contribution in [-0.4, -0.2) is 23.4 Å². The third kappa shape index (κ3) is 2.79. The maximum absolute atomic E-state index is 12.6. The van der Waals surface area contributed by atoms with E-state index in [0.717, 1.165) is 11.3 Å². The molecule has 1 fully saturated rings. The van der Waals surface area contributed by atoms with E-state index in [1.807, 2.05) is 60.7 Å². The zero-order valence-corrected chi connectivity index (χ0v) is 11.6. The number of nitrogens with zero attached hydrogens (tertiary/aromatic N) is 2. The molecular weight excluding hydrogens is 264 g/mol. The fourth-order valence-corrected chi connectivity index (χ4v) is 2.46. The van der Waals surface area contributed by atoms with E-state index in [1.165, 1.54) is 4.90 Å². The van der Waals surface area contributed by atoms with Crippen molar-refractivity contribution in [1.82, 2.24) is 4.90 Å². The molecule has 3 amide bonds. The number of hydrogen-bond acceptors (Lipinski definition) is 2. The predicted molar refractivity (Wildman–Crippen MR) is 80.8 cm³/mol. The molecule has 0 saturated carbocycles. The highest BCUT2D eigenvalue weighted by atomic mass is 16.2. The maximum Gasteiger partial charge on any atom is 0.331 e. The number of amides is 3. The number of rotatable bonds is 3. The van der Waals surface area contributed by atoms with Crippen LogP contribution in [0.4, 0.5) is 10.5 Å². The Labute approximate surface area is 123 Å². The van der Waals surface area contributed by atoms with E-state index in [4.69, 9.17) is 0 Å². The molecule has 1 aliphatic rings. The van der Waals surface area contributed by atoms with Crippen molar-refractivity contribution < 1.29 is 9.59 Å². The van der Waals surface area contributed by atoms with E-state index in [2.05, 4.69) is 0 Å². The summed E-state index contributed by atoms with van der Waals surface area (Å²) in [7, 11) is 0. The normalized spacial score (nSPS) is 15.4. The van der Waals surface area contributed by atoms with E-state index < -0.39 is 0 Å². The number of para-hydroxylation sites is 1. The molecule has 0 aromatic heterocycles. The van der Waals surface area contributed by atoms with E-state index in [-0.39, 0.29) is 11.9 Å². The molecule has 0 bridgehead atoms. The molecule has 3 rings (SSSR count). The number of benzene rings is 2. The van der Waals surface area contributed by atoms with Gasteiger partial charge in [-0.05, 0) is 17.7 Å². The summed E-state index contributed by atoms with van der Waals surface area (Å²) in [4.78, 5) is 27.6. The number of hydrogen-bond donors (Lipinski definition) is 0. The van der Waals surface area contributed by atoms with Crippen LogP contribution in [0.5, 0.6) is 0 Å². The Morgan fingerprint density at radius 1 is 0.857 bits per heavy atom. The van der Waals surface area contributed by atoms with E-state index in [0.29, 0.717) is 19.5 Å². The van der Waals surface area contributed by atoms with Crippen LogP contribution in [0, 0.1) is 0 Å². The Bertz CT molecular complexity index is 640. The molecular formula is C17H16N2O2. The zero-order chi connectivity index (χ0) is 14.7. The van der Waals surface area contributed by atoms with Gasteiger partial charge in [0.05, 0.1) is 6.54 Å². The van der Waals surface area contributed by atoms with Crippen molar-refractivity contribution in [3.05, 3.63) is 66.2 Å². The van der Waals surface area contributed by atoms with Crippen molar-refractivity contribution in [2.24, 2.45) is 0 Å². The van der Waals surface area contributed by atoms with Crippen LogP contribution in [0.1, 0.15) is 12.0 Å². The summed E-state index contributed by atoms with van der Waals surface area (Å²) < 4.78 is 0. The number of carbonyl (C=O) groups excluding carboxylic acids is 2. The van der Waals surface area contributed by atoms with Gasteiger partial charge in [-0.2, -0.15) is 0 Å². The summed E-state index contributed by atoms with van der Waals surface area (Å²) in [5.41, 5.74) is 1.78. The highest BCUT2D eigenvalue weighted by Gasteiger charge is 2.32. The Balaban J connectivity index is 1.83.